The van der Waals surface area contributed by atoms with E-state index >= 15 is 0 Å². The molecular formula is C22H22BrN5O. The number of fused-ring (bicyclic) bond motifs is 1. The Kier molecular flexibility index (Phi) is 4.24. The number of allylic oxidation sites excluding steroid dienone is 2. The fourth-order valence-electron chi connectivity index (χ4n) is 4.43. The number of rotatable bonds is 3. The zero-order valence-corrected chi connectivity index (χ0v) is 18.0. The van der Waals surface area contributed by atoms with Crippen molar-refractivity contribution in [1.82, 2.24) is 24.5 Å². The van der Waals surface area contributed by atoms with E-state index in [9.17, 15) is 4.79 Å². The molecule has 1 aliphatic carbocycles. The lowest BCUT2D eigenvalue weighted by Gasteiger charge is -2.26. The minimum Gasteiger partial charge on any atom is -0.365 e. The van der Waals surface area contributed by atoms with Gasteiger partial charge in [0.25, 0.3) is 11.3 Å². The highest BCUT2D eigenvalue weighted by molar-refractivity contribution is 9.09. The Morgan fingerprint density at radius 1 is 1.24 bits per heavy atom. The van der Waals surface area contributed by atoms with E-state index in [0.29, 0.717) is 23.0 Å². The van der Waals surface area contributed by atoms with Crippen LogP contribution in [0.4, 0.5) is 0 Å². The van der Waals surface area contributed by atoms with Crippen LogP contribution in [0.2, 0.25) is 0 Å². The molecule has 1 aliphatic heterocycles. The largest absolute Gasteiger partial charge is 0.365 e. The van der Waals surface area contributed by atoms with Gasteiger partial charge in [-0.15, -0.1) is 0 Å². The van der Waals surface area contributed by atoms with Gasteiger partial charge in [0, 0.05) is 34.1 Å². The molecule has 5 rings (SSSR count). The minimum absolute atomic E-state index is 0.0836. The number of H-pyrrole nitrogens is 1. The molecular weight excluding hydrogens is 430 g/mol. The summed E-state index contributed by atoms with van der Waals surface area (Å²) in [6.07, 6.45) is 5.42. The van der Waals surface area contributed by atoms with E-state index in [-0.39, 0.29) is 11.0 Å². The third kappa shape index (κ3) is 3.13. The normalized spacial score (nSPS) is 20.5. The van der Waals surface area contributed by atoms with Crippen molar-refractivity contribution in [2.24, 2.45) is 5.41 Å². The Morgan fingerprint density at radius 2 is 2.03 bits per heavy atom. The summed E-state index contributed by atoms with van der Waals surface area (Å²) in [6.45, 7) is 6.05. The standard InChI is InChI=1S/C22H22BrN5O/c1-22(2)13-27(17-10-6-9-16(23)19(17)22)12-15-11-18(29)28-21(24-15)25-20(26-28)14-7-4-3-5-8-14/h3-8,10-11,16H,9,12-13H2,1-2H3,(H,24,25,26). The van der Waals surface area contributed by atoms with Crippen molar-refractivity contribution >= 4 is 21.7 Å². The molecule has 1 unspecified atom stereocenters. The zero-order valence-electron chi connectivity index (χ0n) is 16.4. The average Bonchev–Trinajstić information content (AvgIpc) is 3.23. The molecule has 0 saturated carbocycles. The van der Waals surface area contributed by atoms with Crippen molar-refractivity contribution in [3.8, 4) is 11.4 Å². The van der Waals surface area contributed by atoms with Crippen molar-refractivity contribution in [3.63, 3.8) is 0 Å². The van der Waals surface area contributed by atoms with Gasteiger partial charge < -0.3 is 4.90 Å². The van der Waals surface area contributed by atoms with Crippen LogP contribution in [0.3, 0.4) is 0 Å². The summed E-state index contributed by atoms with van der Waals surface area (Å²) in [5.74, 6) is 1.04. The number of alkyl halides is 1. The molecule has 0 bridgehead atoms. The maximum Gasteiger partial charge on any atom is 0.274 e. The van der Waals surface area contributed by atoms with Crippen LogP contribution in [0.15, 0.2) is 64.6 Å². The molecule has 29 heavy (non-hydrogen) atoms. The molecule has 1 N–H and O–H groups in total. The second-order valence-corrected chi connectivity index (χ2v) is 9.41. The molecule has 0 radical (unpaired) electrons. The lowest BCUT2D eigenvalue weighted by atomic mass is 9.82. The van der Waals surface area contributed by atoms with E-state index in [0.717, 1.165) is 24.2 Å². The van der Waals surface area contributed by atoms with Gasteiger partial charge in [-0.1, -0.05) is 66.2 Å². The number of hydrogen-bond donors (Lipinski definition) is 1. The van der Waals surface area contributed by atoms with E-state index in [1.807, 2.05) is 30.3 Å². The summed E-state index contributed by atoms with van der Waals surface area (Å²) in [4.78, 5) is 24.6. The highest BCUT2D eigenvalue weighted by Crippen LogP contribution is 2.46. The summed E-state index contributed by atoms with van der Waals surface area (Å²) in [6, 6.07) is 11.3. The van der Waals surface area contributed by atoms with Crippen LogP contribution in [-0.2, 0) is 6.54 Å². The quantitative estimate of drug-likeness (QED) is 0.613. The summed E-state index contributed by atoms with van der Waals surface area (Å²) in [7, 11) is 0. The number of nitrogens with one attached hydrogen (secondary N) is 1. The topological polar surface area (TPSA) is 66.3 Å². The van der Waals surface area contributed by atoms with Crippen molar-refractivity contribution in [2.75, 3.05) is 6.54 Å². The molecule has 2 aromatic heterocycles. The van der Waals surface area contributed by atoms with Crippen LogP contribution >= 0.6 is 15.9 Å². The average molecular weight is 452 g/mol. The van der Waals surface area contributed by atoms with Gasteiger partial charge >= 0.3 is 0 Å². The van der Waals surface area contributed by atoms with E-state index < -0.39 is 0 Å². The van der Waals surface area contributed by atoms with Crippen LogP contribution in [0.25, 0.3) is 17.2 Å². The molecule has 0 saturated heterocycles. The van der Waals surface area contributed by atoms with Crippen molar-refractivity contribution < 1.29 is 0 Å². The van der Waals surface area contributed by atoms with E-state index in [1.54, 1.807) is 6.07 Å². The SMILES string of the molecule is CC1(C)CN(Cc2cc(=O)n3[nH]c(-c4ccccc4)nc3n2)C2=C1C(Br)CC=C2. The van der Waals surface area contributed by atoms with Gasteiger partial charge in [0.15, 0.2) is 5.82 Å². The van der Waals surface area contributed by atoms with Crippen molar-refractivity contribution in [2.45, 2.75) is 31.6 Å². The molecule has 0 spiro atoms. The van der Waals surface area contributed by atoms with Crippen LogP contribution < -0.4 is 5.56 Å². The van der Waals surface area contributed by atoms with Gasteiger partial charge in [0.05, 0.1) is 12.2 Å². The molecule has 148 valence electrons. The van der Waals surface area contributed by atoms with Gasteiger partial charge in [-0.3, -0.25) is 9.89 Å². The third-order valence-electron chi connectivity index (χ3n) is 5.65. The number of aromatic nitrogens is 4. The van der Waals surface area contributed by atoms with Crippen LogP contribution in [0, 0.1) is 5.41 Å². The summed E-state index contributed by atoms with van der Waals surface area (Å²) in [5.41, 5.74) is 4.27. The highest BCUT2D eigenvalue weighted by atomic mass is 79.9. The molecule has 0 fully saturated rings. The molecule has 3 aromatic rings. The van der Waals surface area contributed by atoms with Gasteiger partial charge in [0.2, 0.25) is 0 Å². The molecule has 0 amide bonds. The van der Waals surface area contributed by atoms with E-state index in [1.165, 1.54) is 15.8 Å². The van der Waals surface area contributed by atoms with Gasteiger partial charge in [0.1, 0.15) is 0 Å². The molecule has 6 nitrogen and oxygen atoms in total. The van der Waals surface area contributed by atoms with Gasteiger partial charge in [-0.2, -0.15) is 9.50 Å². The Labute approximate surface area is 177 Å². The molecule has 7 heteroatoms. The lowest BCUT2D eigenvalue weighted by molar-refractivity contribution is 0.292. The fourth-order valence-corrected chi connectivity index (χ4v) is 5.50. The number of benzene rings is 1. The number of nitrogens with zero attached hydrogens (tertiary/aromatic N) is 4. The molecule has 2 aliphatic rings. The predicted molar refractivity (Wildman–Crippen MR) is 117 cm³/mol. The van der Waals surface area contributed by atoms with Crippen molar-refractivity contribution in [3.05, 3.63) is 75.9 Å². The summed E-state index contributed by atoms with van der Waals surface area (Å²) in [5, 5.41) is 3.06. The number of hydrogen-bond acceptors (Lipinski definition) is 4. The summed E-state index contributed by atoms with van der Waals surface area (Å²) < 4.78 is 1.40. The van der Waals surface area contributed by atoms with E-state index in [4.69, 9.17) is 0 Å². The second kappa shape index (κ2) is 6.69. The first-order valence-corrected chi connectivity index (χ1v) is 10.7. The Hall–Kier alpha value is -2.67. The van der Waals surface area contributed by atoms with Crippen LogP contribution in [0.1, 0.15) is 26.0 Å². The fraction of sp³-hybridized carbons (Fsp3) is 0.318. The zero-order chi connectivity index (χ0) is 20.2. The lowest BCUT2D eigenvalue weighted by Crippen LogP contribution is -2.27. The van der Waals surface area contributed by atoms with E-state index in [2.05, 4.69) is 61.9 Å². The third-order valence-corrected chi connectivity index (χ3v) is 6.48. The summed E-state index contributed by atoms with van der Waals surface area (Å²) >= 11 is 3.83. The number of aromatic amines is 1. The Morgan fingerprint density at radius 3 is 2.83 bits per heavy atom. The second-order valence-electron chi connectivity index (χ2n) is 8.30. The maximum atomic E-state index is 12.7. The predicted octanol–water partition coefficient (Wildman–Crippen LogP) is 3.90. The first kappa shape index (κ1) is 18.4. The van der Waals surface area contributed by atoms with Crippen molar-refractivity contribution in [1.29, 1.82) is 0 Å². The van der Waals surface area contributed by atoms with Crippen LogP contribution in [-0.4, -0.2) is 35.9 Å². The monoisotopic (exact) mass is 451 g/mol. The number of halogens is 1. The highest BCUT2D eigenvalue weighted by Gasteiger charge is 2.40. The Balaban J connectivity index is 1.50. The smallest absolute Gasteiger partial charge is 0.274 e. The molecule has 3 heterocycles. The maximum absolute atomic E-state index is 12.7. The van der Waals surface area contributed by atoms with Crippen LogP contribution in [0.5, 0.6) is 0 Å². The Bertz CT molecular complexity index is 1200. The minimum atomic E-state index is -0.148. The van der Waals surface area contributed by atoms with Gasteiger partial charge in [-0.05, 0) is 18.1 Å². The van der Waals surface area contributed by atoms with Gasteiger partial charge in [-0.25, -0.2) is 4.98 Å². The first-order valence-electron chi connectivity index (χ1n) is 9.77. The molecule has 1 atom stereocenters. The first-order chi connectivity index (χ1) is 13.9. The molecule has 1 aromatic carbocycles.